The molecule has 0 aliphatic carbocycles. The number of imide groups is 1. The van der Waals surface area contributed by atoms with Gasteiger partial charge in [0.15, 0.2) is 6.73 Å². The lowest BCUT2D eigenvalue weighted by Gasteiger charge is -2.17. The summed E-state index contributed by atoms with van der Waals surface area (Å²) in [6, 6.07) is 14.4. The minimum absolute atomic E-state index is 0.0590. The molecule has 0 spiro atoms. The molecule has 1 N–H and O–H groups in total. The molecule has 0 unspecified atom stereocenters. The van der Waals surface area contributed by atoms with E-state index in [0.29, 0.717) is 0 Å². The predicted molar refractivity (Wildman–Crippen MR) is 97.1 cm³/mol. The van der Waals surface area contributed by atoms with Gasteiger partial charge in [0, 0.05) is 0 Å². The quantitative estimate of drug-likeness (QED) is 0.606. The Hall–Kier alpha value is -3.68. The minimum Gasteiger partial charge on any atom is -0.445 e. The molecule has 1 aliphatic rings. The second-order valence-electron chi connectivity index (χ2n) is 6.10. The van der Waals surface area contributed by atoms with Crippen molar-refractivity contribution in [1.82, 2.24) is 10.2 Å². The number of amides is 3. The van der Waals surface area contributed by atoms with Crippen molar-refractivity contribution in [1.29, 1.82) is 0 Å². The van der Waals surface area contributed by atoms with E-state index in [1.807, 2.05) is 18.2 Å². The van der Waals surface area contributed by atoms with Crippen LogP contribution in [0.4, 0.5) is 4.79 Å². The Labute approximate surface area is 161 Å². The van der Waals surface area contributed by atoms with Gasteiger partial charge in [0.25, 0.3) is 11.8 Å². The number of fused-ring (bicyclic) bond motifs is 1. The third-order valence-corrected chi connectivity index (χ3v) is 4.11. The highest BCUT2D eigenvalue weighted by Crippen LogP contribution is 2.22. The van der Waals surface area contributed by atoms with Crippen LogP contribution in [0.15, 0.2) is 54.6 Å². The highest BCUT2D eigenvalue weighted by atomic mass is 16.6. The molecule has 3 rings (SSSR count). The van der Waals surface area contributed by atoms with E-state index < -0.39 is 36.6 Å². The van der Waals surface area contributed by atoms with Gasteiger partial charge in [0.1, 0.15) is 12.6 Å². The van der Waals surface area contributed by atoms with Crippen molar-refractivity contribution in [2.75, 3.05) is 6.73 Å². The summed E-state index contributed by atoms with van der Waals surface area (Å²) in [5.41, 5.74) is 1.33. The molecule has 0 fully saturated rings. The molecular formula is C20H18N2O6. The number of hydrogen-bond acceptors (Lipinski definition) is 6. The first-order chi connectivity index (χ1) is 13.5. The van der Waals surface area contributed by atoms with Crippen LogP contribution in [0, 0.1) is 0 Å². The second kappa shape index (κ2) is 8.34. The monoisotopic (exact) mass is 382 g/mol. The van der Waals surface area contributed by atoms with Gasteiger partial charge in [-0.15, -0.1) is 0 Å². The molecule has 8 heteroatoms. The van der Waals surface area contributed by atoms with Gasteiger partial charge in [-0.05, 0) is 24.6 Å². The van der Waals surface area contributed by atoms with Gasteiger partial charge in [0.05, 0.1) is 11.1 Å². The van der Waals surface area contributed by atoms with Crippen LogP contribution in [-0.4, -0.2) is 41.5 Å². The highest BCUT2D eigenvalue weighted by molar-refractivity contribution is 6.21. The molecule has 0 bridgehead atoms. The summed E-state index contributed by atoms with van der Waals surface area (Å²) in [5, 5.41) is 2.34. The molecule has 2 aromatic rings. The van der Waals surface area contributed by atoms with Crippen LogP contribution >= 0.6 is 0 Å². The minimum atomic E-state index is -1.02. The van der Waals surface area contributed by atoms with E-state index in [9.17, 15) is 19.2 Å². The average molecular weight is 382 g/mol. The zero-order chi connectivity index (χ0) is 20.1. The van der Waals surface area contributed by atoms with E-state index in [4.69, 9.17) is 9.47 Å². The zero-order valence-corrected chi connectivity index (χ0v) is 15.1. The number of benzene rings is 2. The van der Waals surface area contributed by atoms with Crippen molar-refractivity contribution in [3.8, 4) is 0 Å². The Balaban J connectivity index is 1.46. The van der Waals surface area contributed by atoms with Crippen LogP contribution in [0.5, 0.6) is 0 Å². The maximum absolute atomic E-state index is 12.2. The van der Waals surface area contributed by atoms with Crippen molar-refractivity contribution >= 4 is 23.9 Å². The van der Waals surface area contributed by atoms with Gasteiger partial charge in [-0.2, -0.15) is 0 Å². The lowest BCUT2D eigenvalue weighted by molar-refractivity contribution is -0.148. The molecule has 1 atom stereocenters. The predicted octanol–water partition coefficient (Wildman–Crippen LogP) is 2.10. The van der Waals surface area contributed by atoms with Crippen molar-refractivity contribution in [3.05, 3.63) is 71.3 Å². The van der Waals surface area contributed by atoms with Gasteiger partial charge in [-0.25, -0.2) is 14.5 Å². The topological polar surface area (TPSA) is 102 Å². The first-order valence-electron chi connectivity index (χ1n) is 8.56. The molecule has 0 aromatic heterocycles. The summed E-state index contributed by atoms with van der Waals surface area (Å²) in [6.45, 7) is 0.939. The largest absolute Gasteiger partial charge is 0.445 e. The highest BCUT2D eigenvalue weighted by Gasteiger charge is 2.36. The molecule has 144 valence electrons. The Bertz CT molecular complexity index is 877. The summed E-state index contributed by atoms with van der Waals surface area (Å²) in [7, 11) is 0. The number of carbonyl (C=O) groups excluding carboxylic acids is 4. The number of alkyl carbamates (subject to hydrolysis) is 1. The summed E-state index contributed by atoms with van der Waals surface area (Å²) >= 11 is 0. The SMILES string of the molecule is C[C@@H](NC(=O)OCc1ccccc1)C(=O)OCN1C(=O)c2ccccc2C1=O. The van der Waals surface area contributed by atoms with Crippen molar-refractivity contribution in [3.63, 3.8) is 0 Å². The van der Waals surface area contributed by atoms with Crippen molar-refractivity contribution in [2.24, 2.45) is 0 Å². The van der Waals surface area contributed by atoms with Crippen LogP contribution < -0.4 is 5.32 Å². The molecule has 0 radical (unpaired) electrons. The number of esters is 1. The fourth-order valence-electron chi connectivity index (χ4n) is 2.61. The molecule has 28 heavy (non-hydrogen) atoms. The molecule has 2 aromatic carbocycles. The van der Waals surface area contributed by atoms with Crippen LogP contribution in [-0.2, 0) is 20.9 Å². The van der Waals surface area contributed by atoms with Gasteiger partial charge >= 0.3 is 12.1 Å². The summed E-state index contributed by atoms with van der Waals surface area (Å²) in [6.07, 6.45) is -0.783. The molecule has 0 saturated carbocycles. The normalized spacial score (nSPS) is 13.7. The third kappa shape index (κ3) is 4.17. The Morgan fingerprint density at radius 1 is 0.929 bits per heavy atom. The number of carbonyl (C=O) groups is 4. The number of ether oxygens (including phenoxy) is 2. The number of hydrogen-bond donors (Lipinski definition) is 1. The van der Waals surface area contributed by atoms with E-state index in [0.717, 1.165) is 10.5 Å². The van der Waals surface area contributed by atoms with Gasteiger partial charge in [-0.1, -0.05) is 42.5 Å². The smallest absolute Gasteiger partial charge is 0.408 e. The van der Waals surface area contributed by atoms with Crippen LogP contribution in [0.1, 0.15) is 33.2 Å². The summed E-state index contributed by atoms with van der Waals surface area (Å²) in [5.74, 6) is -1.86. The number of rotatable bonds is 6. The fourth-order valence-corrected chi connectivity index (χ4v) is 2.61. The molecule has 0 saturated heterocycles. The van der Waals surface area contributed by atoms with Crippen LogP contribution in [0.25, 0.3) is 0 Å². The van der Waals surface area contributed by atoms with E-state index in [1.54, 1.807) is 24.3 Å². The standard InChI is InChI=1S/C20H18N2O6/c1-13(21-20(26)27-11-14-7-3-2-4-8-14)19(25)28-12-22-17(23)15-9-5-6-10-16(15)18(22)24/h2-10,13H,11-12H2,1H3,(H,21,26)/t13-/m1/s1. The second-order valence-corrected chi connectivity index (χ2v) is 6.10. The Kier molecular flexibility index (Phi) is 5.69. The molecule has 8 nitrogen and oxygen atoms in total. The zero-order valence-electron chi connectivity index (χ0n) is 15.1. The lowest BCUT2D eigenvalue weighted by atomic mass is 10.1. The molecule has 1 aliphatic heterocycles. The maximum atomic E-state index is 12.2. The van der Waals surface area contributed by atoms with E-state index in [2.05, 4.69) is 5.32 Å². The molecule has 1 heterocycles. The van der Waals surface area contributed by atoms with E-state index in [1.165, 1.54) is 19.1 Å². The fraction of sp³-hybridized carbons (Fsp3) is 0.200. The Morgan fingerprint density at radius 2 is 1.50 bits per heavy atom. The van der Waals surface area contributed by atoms with E-state index in [-0.39, 0.29) is 17.7 Å². The Morgan fingerprint density at radius 3 is 2.11 bits per heavy atom. The lowest BCUT2D eigenvalue weighted by Crippen LogP contribution is -2.42. The van der Waals surface area contributed by atoms with Gasteiger partial charge < -0.3 is 14.8 Å². The molecule has 3 amide bonds. The summed E-state index contributed by atoms with van der Waals surface area (Å²) < 4.78 is 10.0. The van der Waals surface area contributed by atoms with Gasteiger partial charge in [-0.3, -0.25) is 9.59 Å². The third-order valence-electron chi connectivity index (χ3n) is 4.11. The summed E-state index contributed by atoms with van der Waals surface area (Å²) in [4.78, 5) is 49.1. The van der Waals surface area contributed by atoms with E-state index >= 15 is 0 Å². The van der Waals surface area contributed by atoms with Crippen molar-refractivity contribution in [2.45, 2.75) is 19.6 Å². The van der Waals surface area contributed by atoms with Gasteiger partial charge in [0.2, 0.25) is 0 Å². The van der Waals surface area contributed by atoms with Crippen molar-refractivity contribution < 1.29 is 28.7 Å². The maximum Gasteiger partial charge on any atom is 0.408 e. The number of nitrogens with one attached hydrogen (secondary N) is 1. The molecular weight excluding hydrogens is 364 g/mol. The van der Waals surface area contributed by atoms with Crippen LogP contribution in [0.3, 0.4) is 0 Å². The first kappa shape index (κ1) is 19.1. The number of nitrogens with zero attached hydrogens (tertiary/aromatic N) is 1. The first-order valence-corrected chi connectivity index (χ1v) is 8.56. The van der Waals surface area contributed by atoms with Crippen LogP contribution in [0.2, 0.25) is 0 Å². The average Bonchev–Trinajstić information content (AvgIpc) is 2.96.